The average Bonchev–Trinajstić information content (AvgIpc) is 3.01. The van der Waals surface area contributed by atoms with Crippen LogP contribution < -0.4 is 0 Å². The SMILES string of the molecule is Cc1cc(C)c2c(-c3coc4cc(C)cc(C)c34)coc2c1. The van der Waals surface area contributed by atoms with Gasteiger partial charge in [-0.15, -0.1) is 0 Å². The van der Waals surface area contributed by atoms with E-state index >= 15 is 0 Å². The molecule has 0 unspecified atom stereocenters. The van der Waals surface area contributed by atoms with E-state index in [1.54, 1.807) is 0 Å². The van der Waals surface area contributed by atoms with Crippen LogP contribution in [0.15, 0.2) is 45.6 Å². The minimum Gasteiger partial charge on any atom is -0.464 e. The van der Waals surface area contributed by atoms with Crippen molar-refractivity contribution in [2.75, 3.05) is 0 Å². The van der Waals surface area contributed by atoms with Crippen molar-refractivity contribution in [3.8, 4) is 11.1 Å². The maximum atomic E-state index is 5.81. The standard InChI is InChI=1S/C20H18O2/c1-11-5-13(3)19-15(9-21-17(19)7-11)16-10-22-18-8-12(2)6-14(4)20(16)18/h5-10H,1-4H3. The molecule has 22 heavy (non-hydrogen) atoms. The normalized spacial score (nSPS) is 11.6. The molecule has 110 valence electrons. The lowest BCUT2D eigenvalue weighted by Crippen LogP contribution is -1.83. The van der Waals surface area contributed by atoms with Crippen LogP contribution in [0, 0.1) is 27.7 Å². The van der Waals surface area contributed by atoms with Gasteiger partial charge in [-0.3, -0.25) is 0 Å². The molecule has 2 aromatic carbocycles. The molecule has 2 nitrogen and oxygen atoms in total. The highest BCUT2D eigenvalue weighted by Crippen LogP contribution is 2.39. The van der Waals surface area contributed by atoms with Crippen molar-refractivity contribution in [3.63, 3.8) is 0 Å². The van der Waals surface area contributed by atoms with E-state index in [0.717, 1.165) is 22.3 Å². The van der Waals surface area contributed by atoms with Crippen molar-refractivity contribution in [2.24, 2.45) is 0 Å². The lowest BCUT2D eigenvalue weighted by atomic mass is 9.97. The molecule has 0 amide bonds. The van der Waals surface area contributed by atoms with Crippen LogP contribution in [-0.4, -0.2) is 0 Å². The lowest BCUT2D eigenvalue weighted by Gasteiger charge is -2.03. The fourth-order valence-electron chi connectivity index (χ4n) is 3.49. The van der Waals surface area contributed by atoms with Gasteiger partial charge in [0.2, 0.25) is 0 Å². The molecule has 2 heterocycles. The Morgan fingerprint density at radius 3 is 1.41 bits per heavy atom. The van der Waals surface area contributed by atoms with Crippen LogP contribution in [0.4, 0.5) is 0 Å². The third-order valence-corrected chi connectivity index (χ3v) is 4.32. The topological polar surface area (TPSA) is 26.3 Å². The average molecular weight is 290 g/mol. The van der Waals surface area contributed by atoms with Crippen LogP contribution in [0.5, 0.6) is 0 Å². The Bertz CT molecular complexity index is 931. The molecule has 0 atom stereocenters. The Morgan fingerprint density at radius 2 is 1.00 bits per heavy atom. The van der Waals surface area contributed by atoms with E-state index in [9.17, 15) is 0 Å². The smallest absolute Gasteiger partial charge is 0.135 e. The molecule has 0 spiro atoms. The van der Waals surface area contributed by atoms with E-state index < -0.39 is 0 Å². The van der Waals surface area contributed by atoms with Gasteiger partial charge < -0.3 is 8.83 Å². The van der Waals surface area contributed by atoms with Gasteiger partial charge in [-0.25, -0.2) is 0 Å². The summed E-state index contributed by atoms with van der Waals surface area (Å²) in [5.41, 5.74) is 9.00. The molecule has 0 saturated heterocycles. The first-order valence-corrected chi connectivity index (χ1v) is 7.52. The van der Waals surface area contributed by atoms with E-state index in [0.29, 0.717) is 0 Å². The van der Waals surface area contributed by atoms with Gasteiger partial charge in [0.05, 0.1) is 12.5 Å². The summed E-state index contributed by atoms with van der Waals surface area (Å²) in [6.07, 6.45) is 3.70. The Labute approximate surface area is 129 Å². The van der Waals surface area contributed by atoms with Crippen LogP contribution in [0.2, 0.25) is 0 Å². The Balaban J connectivity index is 2.08. The molecule has 0 radical (unpaired) electrons. The molecule has 0 aliphatic heterocycles. The maximum Gasteiger partial charge on any atom is 0.135 e. The highest BCUT2D eigenvalue weighted by atomic mass is 16.3. The molecule has 0 N–H and O–H groups in total. The van der Waals surface area contributed by atoms with E-state index in [1.807, 2.05) is 12.5 Å². The molecule has 4 aromatic rings. The van der Waals surface area contributed by atoms with Gasteiger partial charge in [-0.2, -0.15) is 0 Å². The first-order valence-electron chi connectivity index (χ1n) is 7.52. The zero-order valence-electron chi connectivity index (χ0n) is 13.3. The number of aryl methyl sites for hydroxylation is 4. The van der Waals surface area contributed by atoms with Crippen LogP contribution in [0.3, 0.4) is 0 Å². The summed E-state index contributed by atoms with van der Waals surface area (Å²) in [7, 11) is 0. The minimum atomic E-state index is 0.937. The first kappa shape index (κ1) is 13.2. The summed E-state index contributed by atoms with van der Waals surface area (Å²) in [5, 5.41) is 2.35. The second kappa shape index (κ2) is 4.51. The van der Waals surface area contributed by atoms with Gasteiger partial charge in [0.1, 0.15) is 11.2 Å². The molecule has 2 aromatic heterocycles. The Morgan fingerprint density at radius 1 is 0.591 bits per heavy atom. The molecular formula is C20H18O2. The number of fused-ring (bicyclic) bond motifs is 2. The molecule has 4 rings (SSSR count). The quantitative estimate of drug-likeness (QED) is 0.424. The number of hydrogen-bond acceptors (Lipinski definition) is 2. The molecule has 0 fully saturated rings. The van der Waals surface area contributed by atoms with E-state index in [4.69, 9.17) is 8.83 Å². The van der Waals surface area contributed by atoms with Gasteiger partial charge in [-0.1, -0.05) is 12.1 Å². The van der Waals surface area contributed by atoms with Crippen molar-refractivity contribution < 1.29 is 8.83 Å². The number of furan rings is 2. The first-order chi connectivity index (χ1) is 10.5. The molecule has 0 bridgehead atoms. The van der Waals surface area contributed by atoms with Gasteiger partial charge in [0.15, 0.2) is 0 Å². The fraction of sp³-hybridized carbons (Fsp3) is 0.200. The van der Waals surface area contributed by atoms with E-state index in [2.05, 4.69) is 52.0 Å². The van der Waals surface area contributed by atoms with Crippen LogP contribution in [-0.2, 0) is 0 Å². The van der Waals surface area contributed by atoms with Crippen LogP contribution >= 0.6 is 0 Å². The highest BCUT2D eigenvalue weighted by Gasteiger charge is 2.17. The predicted octanol–water partition coefficient (Wildman–Crippen LogP) is 6.08. The summed E-state index contributed by atoms with van der Waals surface area (Å²) < 4.78 is 11.6. The second-order valence-electron chi connectivity index (χ2n) is 6.21. The summed E-state index contributed by atoms with van der Waals surface area (Å²) >= 11 is 0. The summed E-state index contributed by atoms with van der Waals surface area (Å²) in [5.74, 6) is 0. The highest BCUT2D eigenvalue weighted by molar-refractivity contribution is 6.05. The van der Waals surface area contributed by atoms with Crippen LogP contribution in [0.25, 0.3) is 33.1 Å². The predicted molar refractivity (Wildman–Crippen MR) is 90.4 cm³/mol. The zero-order chi connectivity index (χ0) is 15.4. The van der Waals surface area contributed by atoms with Gasteiger partial charge >= 0.3 is 0 Å². The monoisotopic (exact) mass is 290 g/mol. The summed E-state index contributed by atoms with van der Waals surface area (Å²) in [6.45, 7) is 8.45. The number of benzene rings is 2. The molecular weight excluding hydrogens is 272 g/mol. The molecule has 2 heteroatoms. The molecule has 0 aliphatic rings. The third-order valence-electron chi connectivity index (χ3n) is 4.32. The minimum absolute atomic E-state index is 0.937. The zero-order valence-corrected chi connectivity index (χ0v) is 13.3. The van der Waals surface area contributed by atoms with Crippen molar-refractivity contribution in [1.29, 1.82) is 0 Å². The maximum absolute atomic E-state index is 5.81. The fourth-order valence-corrected chi connectivity index (χ4v) is 3.49. The Kier molecular flexibility index (Phi) is 2.70. The van der Waals surface area contributed by atoms with Crippen molar-refractivity contribution in [3.05, 3.63) is 59.0 Å². The molecule has 0 aliphatic carbocycles. The lowest BCUT2D eigenvalue weighted by molar-refractivity contribution is 0.612. The third kappa shape index (κ3) is 1.80. The molecule has 0 saturated carbocycles. The second-order valence-corrected chi connectivity index (χ2v) is 6.21. The number of hydrogen-bond donors (Lipinski definition) is 0. The van der Waals surface area contributed by atoms with Gasteiger partial charge in [-0.05, 0) is 62.1 Å². The van der Waals surface area contributed by atoms with Crippen molar-refractivity contribution >= 4 is 21.9 Å². The van der Waals surface area contributed by atoms with E-state index in [1.165, 1.54) is 33.0 Å². The summed E-state index contributed by atoms with van der Waals surface area (Å²) in [4.78, 5) is 0. The van der Waals surface area contributed by atoms with Gasteiger partial charge in [0, 0.05) is 21.9 Å². The van der Waals surface area contributed by atoms with E-state index in [-0.39, 0.29) is 0 Å². The Hall–Kier alpha value is -2.48. The largest absolute Gasteiger partial charge is 0.464 e. The van der Waals surface area contributed by atoms with Crippen molar-refractivity contribution in [1.82, 2.24) is 0 Å². The van der Waals surface area contributed by atoms with Crippen LogP contribution in [0.1, 0.15) is 22.3 Å². The van der Waals surface area contributed by atoms with Crippen molar-refractivity contribution in [2.45, 2.75) is 27.7 Å². The summed E-state index contributed by atoms with van der Waals surface area (Å²) in [6, 6.07) is 8.57. The van der Waals surface area contributed by atoms with Gasteiger partial charge in [0.25, 0.3) is 0 Å². The number of rotatable bonds is 1.